The number of carbonyl (C=O) groups is 2. The number of H-pyrrole nitrogens is 1. The van der Waals surface area contributed by atoms with E-state index in [1.54, 1.807) is 33.1 Å². The second kappa shape index (κ2) is 10.8. The van der Waals surface area contributed by atoms with Crippen molar-refractivity contribution in [3.8, 4) is 5.75 Å². The molecule has 3 rings (SSSR count). The van der Waals surface area contributed by atoms with Crippen LogP contribution in [0.25, 0.3) is 0 Å². The highest BCUT2D eigenvalue weighted by Crippen LogP contribution is 2.23. The van der Waals surface area contributed by atoms with Crippen molar-refractivity contribution in [2.75, 3.05) is 19.0 Å². The molecule has 9 heteroatoms. The number of hydrogen-bond donors (Lipinski definition) is 2. The molecule has 0 radical (unpaired) electrons. The highest BCUT2D eigenvalue weighted by molar-refractivity contribution is 5.90. The number of ether oxygens (including phenoxy) is 2. The van der Waals surface area contributed by atoms with Gasteiger partial charge < -0.3 is 24.7 Å². The van der Waals surface area contributed by atoms with Gasteiger partial charge in [0.25, 0.3) is 0 Å². The molecular formula is C25H27F2N3O4. The molecule has 7 nitrogen and oxygen atoms in total. The van der Waals surface area contributed by atoms with Gasteiger partial charge in [-0.3, -0.25) is 0 Å². The lowest BCUT2D eigenvalue weighted by atomic mass is 10.1. The minimum absolute atomic E-state index is 0.104. The van der Waals surface area contributed by atoms with E-state index in [1.807, 2.05) is 19.1 Å². The molecule has 0 bridgehead atoms. The van der Waals surface area contributed by atoms with E-state index < -0.39 is 23.6 Å². The van der Waals surface area contributed by atoms with Crippen molar-refractivity contribution in [3.05, 3.63) is 82.2 Å². The Bertz CT molecular complexity index is 1180. The van der Waals surface area contributed by atoms with Crippen LogP contribution in [0.15, 0.2) is 42.5 Å². The summed E-state index contributed by atoms with van der Waals surface area (Å²) in [6.45, 7) is 5.88. The molecule has 1 heterocycles. The summed E-state index contributed by atoms with van der Waals surface area (Å²) in [4.78, 5) is 29.9. The van der Waals surface area contributed by atoms with Gasteiger partial charge in [0.05, 0.1) is 25.9 Å². The third-order valence-electron chi connectivity index (χ3n) is 5.49. The molecule has 2 amide bonds. The maximum absolute atomic E-state index is 14.1. The maximum Gasteiger partial charge on any atom is 0.355 e. The summed E-state index contributed by atoms with van der Waals surface area (Å²) in [7, 11) is 1.56. The van der Waals surface area contributed by atoms with Crippen LogP contribution in [0.1, 0.15) is 39.8 Å². The summed E-state index contributed by atoms with van der Waals surface area (Å²) in [5.41, 5.74) is 3.17. The van der Waals surface area contributed by atoms with Crippen LogP contribution >= 0.6 is 0 Å². The van der Waals surface area contributed by atoms with Crippen LogP contribution < -0.4 is 10.1 Å². The molecule has 2 aromatic carbocycles. The van der Waals surface area contributed by atoms with Gasteiger partial charge in [0, 0.05) is 18.3 Å². The maximum atomic E-state index is 14.1. The Balaban J connectivity index is 1.90. The number of aromatic amines is 1. The Morgan fingerprint density at radius 3 is 2.35 bits per heavy atom. The molecule has 180 valence electrons. The van der Waals surface area contributed by atoms with Gasteiger partial charge in [-0.25, -0.2) is 18.4 Å². The quantitative estimate of drug-likeness (QED) is 0.435. The largest absolute Gasteiger partial charge is 0.497 e. The van der Waals surface area contributed by atoms with Crippen molar-refractivity contribution in [2.24, 2.45) is 0 Å². The first kappa shape index (κ1) is 24.8. The van der Waals surface area contributed by atoms with Crippen molar-refractivity contribution in [2.45, 2.75) is 33.9 Å². The van der Waals surface area contributed by atoms with Gasteiger partial charge in [0.2, 0.25) is 0 Å². The Morgan fingerprint density at radius 2 is 1.74 bits per heavy atom. The van der Waals surface area contributed by atoms with Gasteiger partial charge in [-0.1, -0.05) is 12.1 Å². The van der Waals surface area contributed by atoms with E-state index in [9.17, 15) is 18.4 Å². The summed E-state index contributed by atoms with van der Waals surface area (Å²) in [5.74, 6) is -1.43. The molecule has 0 unspecified atom stereocenters. The number of methoxy groups -OCH3 is 1. The molecule has 0 aliphatic heterocycles. The fourth-order valence-electron chi connectivity index (χ4n) is 3.44. The Morgan fingerprint density at radius 1 is 1.03 bits per heavy atom. The number of aromatic nitrogens is 1. The zero-order valence-electron chi connectivity index (χ0n) is 19.5. The Kier molecular flexibility index (Phi) is 7.88. The van der Waals surface area contributed by atoms with Crippen LogP contribution in [0.4, 0.5) is 19.3 Å². The van der Waals surface area contributed by atoms with Crippen LogP contribution in [0.3, 0.4) is 0 Å². The Hall–Kier alpha value is -3.88. The Labute approximate surface area is 196 Å². The van der Waals surface area contributed by atoms with E-state index >= 15 is 0 Å². The molecule has 0 aliphatic rings. The topological polar surface area (TPSA) is 83.7 Å². The number of anilines is 1. The molecule has 0 saturated heterocycles. The van der Waals surface area contributed by atoms with Crippen LogP contribution in [0.5, 0.6) is 5.75 Å². The molecule has 0 atom stereocenters. The SMILES string of the molecule is CCOC(=O)c1[nH]c(CN(Cc2ccc(OC)cc2)C(=O)Nc2ccc(F)cc2F)c(C)c1C. The predicted molar refractivity (Wildman–Crippen MR) is 124 cm³/mol. The number of rotatable bonds is 8. The third-order valence-corrected chi connectivity index (χ3v) is 5.49. The number of nitrogens with one attached hydrogen (secondary N) is 2. The van der Waals surface area contributed by atoms with Gasteiger partial charge in [-0.05, 0) is 61.7 Å². The summed E-state index contributed by atoms with van der Waals surface area (Å²) in [6.07, 6.45) is 0. The van der Waals surface area contributed by atoms with E-state index in [1.165, 1.54) is 4.90 Å². The van der Waals surface area contributed by atoms with Crippen molar-refractivity contribution in [1.82, 2.24) is 9.88 Å². The second-order valence-electron chi connectivity index (χ2n) is 7.71. The van der Waals surface area contributed by atoms with E-state index in [2.05, 4.69) is 10.3 Å². The zero-order chi connectivity index (χ0) is 24.8. The summed E-state index contributed by atoms with van der Waals surface area (Å²) in [6, 6.07) is 9.51. The average Bonchev–Trinajstić information content (AvgIpc) is 3.09. The lowest BCUT2D eigenvalue weighted by Crippen LogP contribution is -2.34. The zero-order valence-corrected chi connectivity index (χ0v) is 19.5. The number of benzene rings is 2. The van der Waals surface area contributed by atoms with Gasteiger partial charge in [-0.2, -0.15) is 0 Å². The molecule has 3 aromatic rings. The smallest absolute Gasteiger partial charge is 0.355 e. The molecular weight excluding hydrogens is 444 g/mol. The number of hydrogen-bond acceptors (Lipinski definition) is 4. The summed E-state index contributed by atoms with van der Waals surface area (Å²) >= 11 is 0. The van der Waals surface area contributed by atoms with Gasteiger partial charge in [-0.15, -0.1) is 0 Å². The van der Waals surface area contributed by atoms with Crippen LogP contribution in [0, 0.1) is 25.5 Å². The van der Waals surface area contributed by atoms with Gasteiger partial charge in [0.15, 0.2) is 0 Å². The van der Waals surface area contributed by atoms with Crippen LogP contribution in [-0.2, 0) is 17.8 Å². The molecule has 0 fully saturated rings. The number of nitrogens with zero attached hydrogens (tertiary/aromatic N) is 1. The predicted octanol–water partition coefficient (Wildman–Crippen LogP) is 5.33. The minimum Gasteiger partial charge on any atom is -0.497 e. The lowest BCUT2D eigenvalue weighted by Gasteiger charge is -2.23. The molecule has 0 saturated carbocycles. The van der Waals surface area contributed by atoms with Gasteiger partial charge >= 0.3 is 12.0 Å². The highest BCUT2D eigenvalue weighted by atomic mass is 19.1. The molecule has 2 N–H and O–H groups in total. The van der Waals surface area contributed by atoms with Gasteiger partial charge in [0.1, 0.15) is 23.1 Å². The van der Waals surface area contributed by atoms with E-state index in [4.69, 9.17) is 9.47 Å². The van der Waals surface area contributed by atoms with Crippen molar-refractivity contribution in [3.63, 3.8) is 0 Å². The van der Waals surface area contributed by atoms with Crippen molar-refractivity contribution >= 4 is 17.7 Å². The first-order valence-electron chi connectivity index (χ1n) is 10.7. The number of amides is 2. The number of esters is 1. The molecule has 0 aliphatic carbocycles. The molecule has 1 aromatic heterocycles. The third kappa shape index (κ3) is 5.72. The highest BCUT2D eigenvalue weighted by Gasteiger charge is 2.22. The lowest BCUT2D eigenvalue weighted by molar-refractivity contribution is 0.0519. The van der Waals surface area contributed by atoms with Crippen molar-refractivity contribution in [1.29, 1.82) is 0 Å². The van der Waals surface area contributed by atoms with Crippen molar-refractivity contribution < 1.29 is 27.8 Å². The number of halogens is 2. The number of carbonyl (C=O) groups excluding carboxylic acids is 2. The fraction of sp³-hybridized carbons (Fsp3) is 0.280. The molecule has 34 heavy (non-hydrogen) atoms. The van der Waals surface area contributed by atoms with Crippen LogP contribution in [0.2, 0.25) is 0 Å². The summed E-state index contributed by atoms with van der Waals surface area (Å²) < 4.78 is 37.7. The minimum atomic E-state index is -0.880. The molecule has 0 spiro atoms. The first-order chi connectivity index (χ1) is 16.2. The standard InChI is InChI=1S/C25H27F2N3O4/c1-5-34-24(31)23-16(3)15(2)22(28-23)14-30(13-17-6-9-19(33-4)10-7-17)25(32)29-21-11-8-18(26)12-20(21)27/h6-12,28H,5,13-14H2,1-4H3,(H,29,32). The average molecular weight is 472 g/mol. The van der Waals surface area contributed by atoms with E-state index in [0.29, 0.717) is 23.2 Å². The monoisotopic (exact) mass is 471 g/mol. The first-order valence-corrected chi connectivity index (χ1v) is 10.7. The van der Waals surface area contributed by atoms with E-state index in [0.717, 1.165) is 28.8 Å². The summed E-state index contributed by atoms with van der Waals surface area (Å²) in [5, 5.41) is 2.50. The second-order valence-corrected chi connectivity index (χ2v) is 7.71. The normalized spacial score (nSPS) is 10.6. The fourth-order valence-corrected chi connectivity index (χ4v) is 3.44. The van der Waals surface area contributed by atoms with Crippen LogP contribution in [-0.4, -0.2) is 35.6 Å². The number of urea groups is 1. The van der Waals surface area contributed by atoms with E-state index in [-0.39, 0.29) is 25.4 Å².